The van der Waals surface area contributed by atoms with Crippen LogP contribution < -0.4 is 5.32 Å². The molecule has 0 unspecified atom stereocenters. The molecular formula is C16H25N3O. The number of amides is 1. The van der Waals surface area contributed by atoms with E-state index in [9.17, 15) is 4.79 Å². The predicted molar refractivity (Wildman–Crippen MR) is 80.6 cm³/mol. The van der Waals surface area contributed by atoms with Crippen molar-refractivity contribution < 1.29 is 4.79 Å². The lowest BCUT2D eigenvalue weighted by molar-refractivity contribution is 0.0528. The molecule has 0 radical (unpaired) electrons. The Hall–Kier alpha value is -1.42. The maximum absolute atomic E-state index is 12.5. The first-order chi connectivity index (χ1) is 9.20. The van der Waals surface area contributed by atoms with Gasteiger partial charge < -0.3 is 10.2 Å². The summed E-state index contributed by atoms with van der Waals surface area (Å²) in [6, 6.07) is 3.80. The van der Waals surface area contributed by atoms with E-state index in [2.05, 4.69) is 38.0 Å². The summed E-state index contributed by atoms with van der Waals surface area (Å²) in [6.45, 7) is 8.80. The van der Waals surface area contributed by atoms with Crippen LogP contribution in [0.5, 0.6) is 0 Å². The van der Waals surface area contributed by atoms with Crippen molar-refractivity contribution in [2.45, 2.75) is 57.7 Å². The molecule has 1 aromatic heterocycles. The molecule has 1 aliphatic rings. The van der Waals surface area contributed by atoms with Gasteiger partial charge in [-0.25, -0.2) is 0 Å². The molecule has 4 heteroatoms. The summed E-state index contributed by atoms with van der Waals surface area (Å²) in [4.78, 5) is 18.4. The number of hydrogen-bond acceptors (Lipinski definition) is 3. The van der Waals surface area contributed by atoms with E-state index in [1.807, 2.05) is 11.9 Å². The molecule has 0 spiro atoms. The first kappa shape index (κ1) is 15.0. The zero-order valence-corrected chi connectivity index (χ0v) is 13.1. The van der Waals surface area contributed by atoms with E-state index in [0.717, 1.165) is 12.8 Å². The Morgan fingerprint density at radius 3 is 2.20 bits per heavy atom. The second-order valence-electron chi connectivity index (χ2n) is 7.11. The third kappa shape index (κ3) is 3.37. The highest BCUT2D eigenvalue weighted by atomic mass is 16.2. The van der Waals surface area contributed by atoms with Crippen molar-refractivity contribution in [3.8, 4) is 0 Å². The van der Waals surface area contributed by atoms with Crippen LogP contribution in [0.15, 0.2) is 24.5 Å². The molecule has 0 saturated carbocycles. The van der Waals surface area contributed by atoms with Crippen LogP contribution >= 0.6 is 0 Å². The van der Waals surface area contributed by atoms with Gasteiger partial charge in [0.25, 0.3) is 5.91 Å². The fraction of sp³-hybridized carbons (Fsp3) is 0.625. The van der Waals surface area contributed by atoms with Gasteiger partial charge in [-0.2, -0.15) is 0 Å². The van der Waals surface area contributed by atoms with Crippen molar-refractivity contribution in [1.29, 1.82) is 0 Å². The van der Waals surface area contributed by atoms with E-state index in [1.165, 1.54) is 0 Å². The highest BCUT2D eigenvalue weighted by Crippen LogP contribution is 2.31. The van der Waals surface area contributed by atoms with Gasteiger partial charge in [-0.3, -0.25) is 9.78 Å². The molecule has 1 saturated heterocycles. The fourth-order valence-corrected chi connectivity index (χ4v) is 3.41. The van der Waals surface area contributed by atoms with Crippen LogP contribution in [0.4, 0.5) is 0 Å². The minimum absolute atomic E-state index is 0.0409. The maximum atomic E-state index is 12.5. The second-order valence-corrected chi connectivity index (χ2v) is 7.11. The van der Waals surface area contributed by atoms with Gasteiger partial charge >= 0.3 is 0 Å². The zero-order valence-electron chi connectivity index (χ0n) is 13.1. The highest BCUT2D eigenvalue weighted by molar-refractivity contribution is 5.94. The van der Waals surface area contributed by atoms with Crippen molar-refractivity contribution in [2.24, 2.45) is 0 Å². The Bertz CT molecular complexity index is 466. The van der Waals surface area contributed by atoms with Crippen LogP contribution in [0.1, 0.15) is 50.9 Å². The fourth-order valence-electron chi connectivity index (χ4n) is 3.41. The lowest BCUT2D eigenvalue weighted by Crippen LogP contribution is -2.62. The van der Waals surface area contributed by atoms with E-state index in [1.54, 1.807) is 24.5 Å². The number of piperidine rings is 1. The van der Waals surface area contributed by atoms with E-state index < -0.39 is 0 Å². The van der Waals surface area contributed by atoms with Crippen molar-refractivity contribution in [1.82, 2.24) is 15.2 Å². The maximum Gasteiger partial charge on any atom is 0.253 e. The van der Waals surface area contributed by atoms with Crippen LogP contribution in [-0.2, 0) is 0 Å². The predicted octanol–water partition coefficient (Wildman–Crippen LogP) is 2.46. The number of pyridine rings is 1. The molecular weight excluding hydrogens is 250 g/mol. The molecule has 1 N–H and O–H groups in total. The van der Waals surface area contributed by atoms with Gasteiger partial charge in [0, 0.05) is 42.1 Å². The number of nitrogens with one attached hydrogen (secondary N) is 1. The molecule has 0 atom stereocenters. The van der Waals surface area contributed by atoms with Crippen molar-refractivity contribution >= 4 is 5.91 Å². The number of carbonyl (C=O) groups excluding carboxylic acids is 1. The summed E-state index contributed by atoms with van der Waals surface area (Å²) in [5, 5.41) is 3.65. The first-order valence-electron chi connectivity index (χ1n) is 7.17. The standard InChI is InChI=1S/C16H25N3O/c1-15(2)10-13(11-16(3,4)18-15)19(5)14(20)12-6-8-17-9-7-12/h6-9,13,18H,10-11H2,1-5H3. The number of nitrogens with zero attached hydrogens (tertiary/aromatic N) is 2. The Morgan fingerprint density at radius 1 is 1.20 bits per heavy atom. The number of aromatic nitrogens is 1. The van der Waals surface area contributed by atoms with Crippen LogP contribution in [0.2, 0.25) is 0 Å². The molecule has 1 amide bonds. The summed E-state index contributed by atoms with van der Waals surface area (Å²) in [5.41, 5.74) is 0.787. The Morgan fingerprint density at radius 2 is 1.70 bits per heavy atom. The molecule has 0 aromatic carbocycles. The zero-order chi connectivity index (χ0) is 15.0. The third-order valence-electron chi connectivity index (χ3n) is 3.96. The summed E-state index contributed by atoms with van der Waals surface area (Å²) >= 11 is 0. The lowest BCUT2D eigenvalue weighted by Gasteiger charge is -2.48. The second kappa shape index (κ2) is 5.17. The summed E-state index contributed by atoms with van der Waals surface area (Å²) < 4.78 is 0. The van der Waals surface area contributed by atoms with Gasteiger partial charge in [-0.1, -0.05) is 0 Å². The molecule has 110 valence electrons. The van der Waals surface area contributed by atoms with Crippen molar-refractivity contribution in [2.75, 3.05) is 7.05 Å². The average Bonchev–Trinajstić information content (AvgIpc) is 2.34. The molecule has 1 fully saturated rings. The van der Waals surface area contributed by atoms with E-state index in [4.69, 9.17) is 0 Å². The number of rotatable bonds is 2. The molecule has 2 rings (SSSR count). The highest BCUT2D eigenvalue weighted by Gasteiger charge is 2.40. The Kier molecular flexibility index (Phi) is 3.87. The molecule has 2 heterocycles. The monoisotopic (exact) mass is 275 g/mol. The molecule has 0 bridgehead atoms. The van der Waals surface area contributed by atoms with Crippen LogP contribution in [0.3, 0.4) is 0 Å². The summed E-state index contributed by atoms with van der Waals surface area (Å²) in [5.74, 6) is 0.0749. The topological polar surface area (TPSA) is 45.2 Å². The molecule has 0 aliphatic carbocycles. The minimum atomic E-state index is 0.0409. The minimum Gasteiger partial charge on any atom is -0.339 e. The smallest absolute Gasteiger partial charge is 0.253 e. The van der Waals surface area contributed by atoms with Gasteiger partial charge in [0.1, 0.15) is 0 Å². The van der Waals surface area contributed by atoms with Crippen LogP contribution in [0.25, 0.3) is 0 Å². The number of hydrogen-bond donors (Lipinski definition) is 1. The van der Waals surface area contributed by atoms with Gasteiger partial charge in [0.2, 0.25) is 0 Å². The van der Waals surface area contributed by atoms with E-state index in [0.29, 0.717) is 5.56 Å². The van der Waals surface area contributed by atoms with Crippen molar-refractivity contribution in [3.63, 3.8) is 0 Å². The van der Waals surface area contributed by atoms with E-state index in [-0.39, 0.29) is 23.0 Å². The molecule has 20 heavy (non-hydrogen) atoms. The lowest BCUT2D eigenvalue weighted by atomic mass is 9.79. The van der Waals surface area contributed by atoms with Gasteiger partial charge in [0.15, 0.2) is 0 Å². The largest absolute Gasteiger partial charge is 0.339 e. The third-order valence-corrected chi connectivity index (χ3v) is 3.96. The quantitative estimate of drug-likeness (QED) is 0.902. The first-order valence-corrected chi connectivity index (χ1v) is 7.17. The van der Waals surface area contributed by atoms with E-state index >= 15 is 0 Å². The van der Waals surface area contributed by atoms with Crippen molar-refractivity contribution in [3.05, 3.63) is 30.1 Å². The molecule has 4 nitrogen and oxygen atoms in total. The van der Waals surface area contributed by atoms with Crippen LogP contribution in [0, 0.1) is 0 Å². The molecule has 1 aromatic rings. The number of carbonyl (C=O) groups is 1. The SMILES string of the molecule is CN(C(=O)c1ccncc1)C1CC(C)(C)NC(C)(C)C1. The normalized spacial score (nSPS) is 21.4. The summed E-state index contributed by atoms with van der Waals surface area (Å²) in [6.07, 6.45) is 5.25. The average molecular weight is 275 g/mol. The Balaban J connectivity index is 2.16. The van der Waals surface area contributed by atoms with Crippen LogP contribution in [-0.4, -0.2) is 40.0 Å². The van der Waals surface area contributed by atoms with Gasteiger partial charge in [-0.05, 0) is 52.7 Å². The molecule has 1 aliphatic heterocycles. The van der Waals surface area contributed by atoms with Gasteiger partial charge in [0.05, 0.1) is 0 Å². The summed E-state index contributed by atoms with van der Waals surface area (Å²) in [7, 11) is 1.91. The van der Waals surface area contributed by atoms with Gasteiger partial charge in [-0.15, -0.1) is 0 Å². The Labute approximate surface area is 121 Å².